The number of hydrogen-bond donors (Lipinski definition) is 0. The van der Waals surface area contributed by atoms with Crippen molar-refractivity contribution in [3.63, 3.8) is 0 Å². The summed E-state index contributed by atoms with van der Waals surface area (Å²) in [5, 5.41) is 0. The van der Waals surface area contributed by atoms with Gasteiger partial charge in [0.2, 0.25) is 0 Å². The first kappa shape index (κ1) is 27.1. The number of terminal acetylenes is 1. The zero-order chi connectivity index (χ0) is 27.4. The maximum absolute atomic E-state index is 13.6. The van der Waals surface area contributed by atoms with Gasteiger partial charge >= 0.3 is 11.9 Å². The Morgan fingerprint density at radius 2 is 2.13 bits per heavy atom. The molecule has 204 valence electrons. The topological polar surface area (TPSA) is 69.8 Å². The van der Waals surface area contributed by atoms with Gasteiger partial charge in [-0.05, 0) is 92.5 Å². The number of aromatic nitrogens is 1. The van der Waals surface area contributed by atoms with Crippen LogP contribution in [-0.2, 0) is 14.3 Å². The average molecular weight is 531 g/mol. The molecule has 6 heteroatoms. The molecule has 2 aromatic rings. The summed E-state index contributed by atoms with van der Waals surface area (Å²) in [4.78, 5) is 27.3. The molecule has 0 spiro atoms. The van der Waals surface area contributed by atoms with Gasteiger partial charge in [0.15, 0.2) is 12.7 Å². The molecule has 7 atom stereocenters. The number of ether oxygens (including phenoxy) is 2. The monoisotopic (exact) mass is 530 g/mol. The zero-order valence-electron chi connectivity index (χ0n) is 22.5. The van der Waals surface area contributed by atoms with Crippen molar-refractivity contribution in [1.82, 2.24) is 4.98 Å². The summed E-state index contributed by atoms with van der Waals surface area (Å²) in [7, 11) is 0. The van der Waals surface area contributed by atoms with Crippen molar-refractivity contribution in [3.8, 4) is 23.5 Å². The van der Waals surface area contributed by atoms with E-state index in [1.165, 1.54) is 12.1 Å². The summed E-state index contributed by atoms with van der Waals surface area (Å²) in [6.45, 7) is 2.35. The number of allylic oxidation sites excluding steroid dienone is 1. The van der Waals surface area contributed by atoms with Crippen LogP contribution in [0.15, 0.2) is 48.7 Å². The normalized spacial score (nSPS) is 29.8. The second kappa shape index (κ2) is 12.2. The molecule has 1 aromatic heterocycles. The number of carbonyl (C=O) groups excluding carboxylic acids is 2. The van der Waals surface area contributed by atoms with Gasteiger partial charge in [-0.15, -0.1) is 6.42 Å². The highest BCUT2D eigenvalue weighted by Gasteiger charge is 2.55. The van der Waals surface area contributed by atoms with Crippen molar-refractivity contribution in [2.24, 2.45) is 35.5 Å². The Balaban J connectivity index is 1.30. The highest BCUT2D eigenvalue weighted by molar-refractivity contribution is 5.76. The number of rotatable bonds is 8. The maximum atomic E-state index is 13.6. The second-order valence-electron chi connectivity index (χ2n) is 11.2. The van der Waals surface area contributed by atoms with Crippen molar-refractivity contribution < 1.29 is 23.5 Å². The molecule has 5 nitrogen and oxygen atoms in total. The highest BCUT2D eigenvalue weighted by atomic mass is 19.1. The van der Waals surface area contributed by atoms with Gasteiger partial charge in [-0.2, -0.15) is 0 Å². The minimum absolute atomic E-state index is 0.0131. The van der Waals surface area contributed by atoms with Crippen LogP contribution >= 0.6 is 0 Å². The van der Waals surface area contributed by atoms with Gasteiger partial charge < -0.3 is 14.3 Å². The first-order valence-corrected chi connectivity index (χ1v) is 14.2. The molecular formula is C33H37FNO4+. The number of nitrogens with zero attached hydrogens (tertiary/aromatic N) is 1. The lowest BCUT2D eigenvalue weighted by molar-refractivity contribution is -0.143. The van der Waals surface area contributed by atoms with Gasteiger partial charge in [-0.25, -0.2) is 4.39 Å². The van der Waals surface area contributed by atoms with Gasteiger partial charge in [-0.3, -0.25) is 9.78 Å². The van der Waals surface area contributed by atoms with Gasteiger partial charge in [0, 0.05) is 17.7 Å². The largest absolute Gasteiger partial charge is 0.482 e. The number of cyclic esters (lactones) is 1. The number of hydrogen-bond acceptors (Lipinski definition) is 4. The number of fused-ring (bicyclic) bond motifs is 2. The third-order valence-electron chi connectivity index (χ3n) is 8.92. The van der Waals surface area contributed by atoms with Crippen LogP contribution in [0.2, 0.25) is 0 Å². The van der Waals surface area contributed by atoms with Crippen molar-refractivity contribution in [2.45, 2.75) is 58.0 Å². The predicted molar refractivity (Wildman–Crippen MR) is 149 cm³/mol. The van der Waals surface area contributed by atoms with Crippen LogP contribution in [0, 0.1) is 53.7 Å². The van der Waals surface area contributed by atoms with Crippen LogP contribution in [0.1, 0.15) is 57.6 Å². The van der Waals surface area contributed by atoms with E-state index in [0.29, 0.717) is 30.8 Å². The van der Waals surface area contributed by atoms with Crippen LogP contribution in [0.4, 0.5) is 4.39 Å². The minimum atomic E-state index is -0.490. The molecule has 1 aliphatic heterocycles. The lowest BCUT2D eigenvalue weighted by Gasteiger charge is -2.47. The summed E-state index contributed by atoms with van der Waals surface area (Å²) in [6, 6.07) is 10.4. The van der Waals surface area contributed by atoms with E-state index in [4.69, 9.17) is 15.9 Å². The Morgan fingerprint density at radius 3 is 2.87 bits per heavy atom. The van der Waals surface area contributed by atoms with E-state index in [1.54, 1.807) is 12.3 Å². The van der Waals surface area contributed by atoms with E-state index in [2.05, 4.69) is 17.0 Å². The molecule has 0 unspecified atom stereocenters. The van der Waals surface area contributed by atoms with Crippen LogP contribution < -0.4 is 0 Å². The zero-order valence-corrected chi connectivity index (χ0v) is 22.5. The molecule has 2 saturated carbocycles. The molecule has 2 aliphatic carbocycles. The fraction of sp³-hybridized carbons (Fsp3) is 0.485. The Hall–Kier alpha value is -3.46. The molecule has 3 aliphatic rings. The van der Waals surface area contributed by atoms with E-state index in [9.17, 15) is 14.0 Å². The SMILES string of the molecule is C#C[C@@H]1OC(=O)[C@H]2C[C@H]3C[C@H](CCCC(=[OH+])OCC)CC[C@@H]3[C@@H](/C=C/c3ccc(-c4cccc(F)c4)cn3)[C@H]12. The molecule has 1 saturated heterocycles. The Bertz CT molecular complexity index is 1250. The van der Waals surface area contributed by atoms with Gasteiger partial charge in [0.25, 0.3) is 0 Å². The smallest absolute Gasteiger partial charge is 0.449 e. The molecule has 1 aromatic carbocycles. The van der Waals surface area contributed by atoms with Gasteiger partial charge in [-0.1, -0.05) is 36.6 Å². The molecule has 5 rings (SSSR count). The molecular weight excluding hydrogens is 493 g/mol. The fourth-order valence-electron chi connectivity index (χ4n) is 7.17. The number of benzene rings is 1. The highest BCUT2D eigenvalue weighted by Crippen LogP contribution is 2.55. The first-order valence-electron chi connectivity index (χ1n) is 14.2. The Morgan fingerprint density at radius 1 is 1.26 bits per heavy atom. The van der Waals surface area contributed by atoms with Crippen LogP contribution in [0.3, 0.4) is 0 Å². The molecule has 3 fully saturated rings. The molecule has 1 N–H and O–H groups in total. The standard InChI is InChI=1S/C33H36FNO4/c1-3-30-32-28(16-14-26-13-12-23(20-35-26)22-8-6-9-25(34)18-22)27-15-11-21(7-5-10-31(36)38-4-2)17-24(27)19-29(32)33(37)39-30/h1,6,8-9,12-14,16,18,20-21,24,27-30,32H,4-5,7,10-11,15,17,19H2,2H3/p+1/b16-14+/t21-,24-,27+,28-,29+,30+,32+/m1/s1. The summed E-state index contributed by atoms with van der Waals surface area (Å²) in [5.74, 6) is 3.87. The summed E-state index contributed by atoms with van der Waals surface area (Å²) < 4.78 is 24.5. The first-order chi connectivity index (χ1) is 19.0. The molecule has 0 bridgehead atoms. The number of carbonyl (C=O) groups is 1. The Labute approximate surface area is 230 Å². The summed E-state index contributed by atoms with van der Waals surface area (Å²) in [5.41, 5.74) is 2.46. The fourth-order valence-corrected chi connectivity index (χ4v) is 7.17. The minimum Gasteiger partial charge on any atom is -0.449 e. The van der Waals surface area contributed by atoms with E-state index in [1.807, 2.05) is 31.2 Å². The second-order valence-corrected chi connectivity index (χ2v) is 11.2. The van der Waals surface area contributed by atoms with E-state index in [-0.39, 0.29) is 35.5 Å². The van der Waals surface area contributed by atoms with Gasteiger partial charge in [0.05, 0.1) is 11.6 Å². The Kier molecular flexibility index (Phi) is 8.45. The average Bonchev–Trinajstić information content (AvgIpc) is 3.26. The third kappa shape index (κ3) is 6.08. The van der Waals surface area contributed by atoms with E-state index in [0.717, 1.165) is 55.3 Å². The van der Waals surface area contributed by atoms with Crippen LogP contribution in [0.5, 0.6) is 0 Å². The lowest BCUT2D eigenvalue weighted by atomic mass is 9.55. The van der Waals surface area contributed by atoms with E-state index < -0.39 is 6.10 Å². The number of pyridine rings is 1. The maximum Gasteiger partial charge on any atom is 0.482 e. The lowest BCUT2D eigenvalue weighted by Crippen LogP contribution is -2.44. The predicted octanol–water partition coefficient (Wildman–Crippen LogP) is 6.45. The van der Waals surface area contributed by atoms with Gasteiger partial charge in [0.1, 0.15) is 12.2 Å². The molecule has 39 heavy (non-hydrogen) atoms. The van der Waals surface area contributed by atoms with Crippen LogP contribution in [-0.4, -0.2) is 34.4 Å². The van der Waals surface area contributed by atoms with E-state index >= 15 is 0 Å². The van der Waals surface area contributed by atoms with Crippen molar-refractivity contribution in [2.75, 3.05) is 6.61 Å². The van der Waals surface area contributed by atoms with Crippen molar-refractivity contribution in [1.29, 1.82) is 0 Å². The van der Waals surface area contributed by atoms with Crippen molar-refractivity contribution in [3.05, 3.63) is 60.2 Å². The molecule has 0 radical (unpaired) electrons. The quantitative estimate of drug-likeness (QED) is 0.223. The summed E-state index contributed by atoms with van der Waals surface area (Å²) >= 11 is 0. The van der Waals surface area contributed by atoms with Crippen LogP contribution in [0.25, 0.3) is 17.2 Å². The summed E-state index contributed by atoms with van der Waals surface area (Å²) in [6.07, 6.45) is 18.0. The van der Waals surface area contributed by atoms with Crippen molar-refractivity contribution >= 4 is 18.0 Å². The number of halogens is 1. The molecule has 0 amide bonds. The molecule has 2 heterocycles. The third-order valence-corrected chi connectivity index (χ3v) is 8.92. The number of esters is 2.